The number of H-pyrrole nitrogens is 1. The molecule has 0 spiro atoms. The topological polar surface area (TPSA) is 149 Å². The van der Waals surface area contributed by atoms with Crippen molar-refractivity contribution in [3.63, 3.8) is 0 Å². The first-order valence-corrected chi connectivity index (χ1v) is 12.0. The van der Waals surface area contributed by atoms with Gasteiger partial charge in [-0.3, -0.25) is 14.5 Å². The summed E-state index contributed by atoms with van der Waals surface area (Å²) in [6, 6.07) is 7.49. The Labute approximate surface area is 189 Å². The van der Waals surface area contributed by atoms with Crippen LogP contribution in [-0.2, 0) is 14.4 Å². The summed E-state index contributed by atoms with van der Waals surface area (Å²) < 4.78 is 0. The second-order valence-electron chi connectivity index (χ2n) is 6.50. The lowest BCUT2D eigenvalue weighted by Gasteiger charge is -2.49. The largest absolute Gasteiger partial charge is 0.477 e. The van der Waals surface area contributed by atoms with Crippen LogP contribution >= 0.6 is 35.3 Å². The van der Waals surface area contributed by atoms with Crippen molar-refractivity contribution in [1.82, 2.24) is 25.6 Å². The second kappa shape index (κ2) is 9.34. The van der Waals surface area contributed by atoms with Gasteiger partial charge in [-0.2, -0.15) is 10.3 Å². The van der Waals surface area contributed by atoms with Crippen LogP contribution < -0.4 is 5.32 Å². The number of hydrogen-bond donors (Lipinski definition) is 4. The molecule has 4 N–H and O–H groups in total. The molecule has 3 atom stereocenters. The number of aromatic amines is 1. The van der Waals surface area contributed by atoms with Crippen LogP contribution in [0.25, 0.3) is 0 Å². The van der Waals surface area contributed by atoms with E-state index in [-0.39, 0.29) is 5.70 Å². The molecular formula is C18H17N5O5S3. The van der Waals surface area contributed by atoms with E-state index in [0.29, 0.717) is 26.3 Å². The van der Waals surface area contributed by atoms with Crippen molar-refractivity contribution in [1.29, 1.82) is 0 Å². The van der Waals surface area contributed by atoms with Crippen LogP contribution in [0.3, 0.4) is 0 Å². The van der Waals surface area contributed by atoms with Crippen LogP contribution in [0.5, 0.6) is 0 Å². The van der Waals surface area contributed by atoms with Crippen LogP contribution in [0.2, 0.25) is 0 Å². The lowest BCUT2D eigenvalue weighted by atomic mass is 10.0. The zero-order valence-corrected chi connectivity index (χ0v) is 18.2. The number of nitrogens with one attached hydrogen (secondary N) is 2. The molecule has 2 aliphatic heterocycles. The highest BCUT2D eigenvalue weighted by molar-refractivity contribution is 8.18. The molecule has 0 aliphatic carbocycles. The molecule has 0 radical (unpaired) electrons. The van der Waals surface area contributed by atoms with Crippen molar-refractivity contribution in [3.05, 3.63) is 52.7 Å². The zero-order chi connectivity index (χ0) is 22.0. The number of carboxylic acid groups (broad SMARTS) is 1. The molecule has 2 amide bonds. The van der Waals surface area contributed by atoms with Gasteiger partial charge in [0.2, 0.25) is 0 Å². The summed E-state index contributed by atoms with van der Waals surface area (Å²) in [5, 5.41) is 33.3. The molecule has 10 nitrogen and oxygen atoms in total. The maximum atomic E-state index is 12.7. The fourth-order valence-corrected chi connectivity index (χ4v) is 6.72. The number of carbonyl (C=O) groups excluding carboxylic acids is 2. The van der Waals surface area contributed by atoms with Gasteiger partial charge < -0.3 is 15.5 Å². The summed E-state index contributed by atoms with van der Waals surface area (Å²) in [6.45, 7) is 0. The van der Waals surface area contributed by atoms with Gasteiger partial charge in [-0.25, -0.2) is 4.79 Å². The summed E-state index contributed by atoms with van der Waals surface area (Å²) in [6.07, 6.45) is 0.158. The molecule has 1 fully saturated rings. The maximum absolute atomic E-state index is 12.7. The number of amides is 2. The van der Waals surface area contributed by atoms with Gasteiger partial charge >= 0.3 is 5.97 Å². The number of thioether (sulfide) groups is 3. The van der Waals surface area contributed by atoms with E-state index in [1.807, 2.05) is 0 Å². The van der Waals surface area contributed by atoms with Crippen molar-refractivity contribution in [2.75, 3.05) is 10.8 Å². The number of fused-ring (bicyclic) bond motifs is 1. The Hall–Kier alpha value is -2.48. The fraction of sp³-hybridized carbons (Fsp3) is 0.278. The maximum Gasteiger partial charge on any atom is 0.353 e. The molecule has 2 aromatic rings. The number of carbonyl (C=O) groups is 3. The molecular weight excluding hydrogens is 462 g/mol. The van der Waals surface area contributed by atoms with Gasteiger partial charge in [0.05, 0.1) is 11.3 Å². The molecule has 13 heteroatoms. The Morgan fingerprint density at radius 1 is 1.32 bits per heavy atom. The number of aromatic nitrogens is 3. The van der Waals surface area contributed by atoms with Crippen LogP contribution in [0.4, 0.5) is 0 Å². The normalized spacial score (nSPS) is 21.3. The van der Waals surface area contributed by atoms with E-state index in [9.17, 15) is 24.6 Å². The first-order valence-electron chi connectivity index (χ1n) is 9.03. The van der Waals surface area contributed by atoms with E-state index >= 15 is 0 Å². The highest BCUT2D eigenvalue weighted by Gasteiger charge is 2.54. The Morgan fingerprint density at radius 3 is 2.77 bits per heavy atom. The monoisotopic (exact) mass is 479 g/mol. The van der Waals surface area contributed by atoms with E-state index < -0.39 is 35.3 Å². The number of rotatable bonds is 8. The zero-order valence-electron chi connectivity index (χ0n) is 15.8. The SMILES string of the molecule is O=C(O)C1=C(SCSc2cn[nH]n2)CS[C@@H]2[C@H](NC(=O)[C@H](O)c3ccccc3)C(=O)N12. The number of nitrogens with zero attached hydrogens (tertiary/aromatic N) is 3. The van der Waals surface area contributed by atoms with Crippen LogP contribution in [0.15, 0.2) is 52.2 Å². The van der Waals surface area contributed by atoms with Crippen molar-refractivity contribution in [2.24, 2.45) is 0 Å². The molecule has 3 heterocycles. The number of aliphatic hydroxyl groups is 1. The summed E-state index contributed by atoms with van der Waals surface area (Å²) in [5.41, 5.74) is 0.350. The third kappa shape index (κ3) is 4.44. The summed E-state index contributed by atoms with van der Waals surface area (Å²) >= 11 is 4.10. The average Bonchev–Trinajstić information content (AvgIpc) is 3.30. The average molecular weight is 480 g/mol. The minimum atomic E-state index is -1.41. The Bertz CT molecular complexity index is 1020. The van der Waals surface area contributed by atoms with E-state index in [0.717, 1.165) is 0 Å². The van der Waals surface area contributed by atoms with Gasteiger partial charge in [-0.15, -0.1) is 28.6 Å². The van der Waals surface area contributed by atoms with Crippen molar-refractivity contribution < 1.29 is 24.6 Å². The first kappa shape index (κ1) is 21.7. The van der Waals surface area contributed by atoms with Crippen LogP contribution in [-0.4, -0.2) is 70.6 Å². The fourth-order valence-electron chi connectivity index (χ4n) is 3.14. The smallest absolute Gasteiger partial charge is 0.353 e. The van der Waals surface area contributed by atoms with E-state index in [1.54, 1.807) is 36.5 Å². The number of aliphatic carboxylic acids is 1. The number of benzene rings is 1. The van der Waals surface area contributed by atoms with Gasteiger partial charge in [-0.05, 0) is 5.56 Å². The Kier molecular flexibility index (Phi) is 6.55. The number of aliphatic hydroxyl groups excluding tert-OH is 1. The number of β-lactam (4-membered cyclic amide) rings is 1. The number of hydrogen-bond acceptors (Lipinski definition) is 9. The predicted octanol–water partition coefficient (Wildman–Crippen LogP) is 1.02. The highest BCUT2D eigenvalue weighted by Crippen LogP contribution is 2.44. The molecule has 0 bridgehead atoms. The standard InChI is InChI=1S/C18H17N5O5S3/c24-14(9-4-2-1-3-5-9)15(25)20-12-16(26)23-13(18(27)28)10(7-29-17(12)23)30-8-31-11-6-19-22-21-11/h1-6,12,14,17,24H,7-8H2,(H,20,25)(H,27,28)(H,19,21,22)/t12-,14-,17-/m1/s1. The van der Waals surface area contributed by atoms with Gasteiger partial charge in [0.25, 0.3) is 11.8 Å². The van der Waals surface area contributed by atoms with Gasteiger partial charge in [0.15, 0.2) is 6.10 Å². The molecule has 1 aromatic heterocycles. The van der Waals surface area contributed by atoms with Crippen molar-refractivity contribution in [2.45, 2.75) is 22.5 Å². The van der Waals surface area contributed by atoms with Crippen LogP contribution in [0.1, 0.15) is 11.7 Å². The van der Waals surface area contributed by atoms with Crippen LogP contribution in [0, 0.1) is 0 Å². The van der Waals surface area contributed by atoms with E-state index in [1.165, 1.54) is 40.2 Å². The second-order valence-corrected chi connectivity index (χ2v) is 10.0. The molecule has 4 rings (SSSR count). The third-order valence-electron chi connectivity index (χ3n) is 4.63. The lowest BCUT2D eigenvalue weighted by Crippen LogP contribution is -2.70. The summed E-state index contributed by atoms with van der Waals surface area (Å²) in [5.74, 6) is -2.00. The Morgan fingerprint density at radius 2 is 2.10 bits per heavy atom. The van der Waals surface area contributed by atoms with Crippen molar-refractivity contribution >= 4 is 53.1 Å². The van der Waals surface area contributed by atoms with Gasteiger partial charge in [0, 0.05) is 10.7 Å². The lowest BCUT2D eigenvalue weighted by molar-refractivity contribution is -0.151. The molecule has 162 valence electrons. The predicted molar refractivity (Wildman–Crippen MR) is 116 cm³/mol. The van der Waals surface area contributed by atoms with E-state index in [4.69, 9.17) is 0 Å². The number of carboxylic acids is 1. The molecule has 1 aromatic carbocycles. The minimum absolute atomic E-state index is 0.0615. The molecule has 2 aliphatic rings. The summed E-state index contributed by atoms with van der Waals surface area (Å²) in [7, 11) is 0. The molecule has 31 heavy (non-hydrogen) atoms. The quantitative estimate of drug-likeness (QED) is 0.246. The molecule has 0 saturated carbocycles. The minimum Gasteiger partial charge on any atom is -0.477 e. The highest BCUT2D eigenvalue weighted by atomic mass is 32.2. The van der Waals surface area contributed by atoms with Gasteiger partial charge in [0.1, 0.15) is 22.1 Å². The van der Waals surface area contributed by atoms with Crippen molar-refractivity contribution in [3.8, 4) is 0 Å². The molecule has 1 saturated heterocycles. The first-order chi connectivity index (χ1) is 15.0. The molecule has 0 unspecified atom stereocenters. The van der Waals surface area contributed by atoms with E-state index in [2.05, 4.69) is 20.7 Å². The summed E-state index contributed by atoms with van der Waals surface area (Å²) in [4.78, 5) is 38.8. The third-order valence-corrected chi connectivity index (χ3v) is 8.21. The van der Waals surface area contributed by atoms with Gasteiger partial charge in [-0.1, -0.05) is 42.1 Å². The Balaban J connectivity index is 1.42.